The number of nitrogens with two attached hydrogens (primary N) is 1. The van der Waals surface area contributed by atoms with E-state index in [2.05, 4.69) is 0 Å². The Morgan fingerprint density at radius 3 is 2.60 bits per heavy atom. The maximum atomic E-state index is 13.8. The van der Waals surface area contributed by atoms with Crippen LogP contribution >= 0.6 is 11.6 Å². The number of aryl methyl sites for hydroxylation is 1. The molecule has 0 aromatic heterocycles. The van der Waals surface area contributed by atoms with Gasteiger partial charge in [-0.15, -0.1) is 0 Å². The summed E-state index contributed by atoms with van der Waals surface area (Å²) in [4.78, 5) is 0. The molecule has 1 nitrogen and oxygen atoms in total. The summed E-state index contributed by atoms with van der Waals surface area (Å²) in [5.74, 6) is -0.337. The van der Waals surface area contributed by atoms with E-state index in [9.17, 15) is 4.39 Å². The first kappa shape index (κ1) is 10.9. The number of benzene rings is 1. The third-order valence-electron chi connectivity index (χ3n) is 3.28. The lowest BCUT2D eigenvalue weighted by Gasteiger charge is -2.39. The Kier molecular flexibility index (Phi) is 2.73. The van der Waals surface area contributed by atoms with Crippen LogP contribution in [0.2, 0.25) is 5.02 Å². The molecule has 1 aliphatic carbocycles. The maximum absolute atomic E-state index is 13.8. The van der Waals surface area contributed by atoms with Gasteiger partial charge in [-0.2, -0.15) is 0 Å². The topological polar surface area (TPSA) is 26.0 Å². The predicted molar refractivity (Wildman–Crippen MR) is 60.5 cm³/mol. The molecule has 0 unspecified atom stereocenters. The van der Waals surface area contributed by atoms with Crippen molar-refractivity contribution >= 4 is 11.6 Å². The zero-order valence-electron chi connectivity index (χ0n) is 8.82. The van der Waals surface area contributed by atoms with Gasteiger partial charge in [0.2, 0.25) is 0 Å². The van der Waals surface area contributed by atoms with Gasteiger partial charge in [0, 0.05) is 11.1 Å². The van der Waals surface area contributed by atoms with Crippen LogP contribution in [0, 0.1) is 5.82 Å². The van der Waals surface area contributed by atoms with E-state index in [1.54, 1.807) is 6.07 Å². The van der Waals surface area contributed by atoms with Crippen molar-refractivity contribution in [2.75, 3.05) is 0 Å². The minimum Gasteiger partial charge on any atom is -0.321 e. The minimum absolute atomic E-state index is 0.195. The molecule has 2 rings (SSSR count). The Bertz CT molecular complexity index is 385. The van der Waals surface area contributed by atoms with E-state index in [0.29, 0.717) is 5.56 Å². The summed E-state index contributed by atoms with van der Waals surface area (Å²) in [6.07, 6.45) is 3.63. The SMILES string of the molecule is CCc1cc(Cl)c(F)c(C2(N)CCC2)c1. The molecule has 0 heterocycles. The van der Waals surface area contributed by atoms with Gasteiger partial charge in [0.05, 0.1) is 5.02 Å². The first-order chi connectivity index (χ1) is 7.07. The van der Waals surface area contributed by atoms with Crippen LogP contribution in [0.25, 0.3) is 0 Å². The molecule has 1 saturated carbocycles. The fourth-order valence-corrected chi connectivity index (χ4v) is 2.28. The fourth-order valence-electron chi connectivity index (χ4n) is 2.04. The highest BCUT2D eigenvalue weighted by Crippen LogP contribution is 2.41. The van der Waals surface area contributed by atoms with E-state index in [-0.39, 0.29) is 10.8 Å². The normalized spacial score (nSPS) is 18.7. The highest BCUT2D eigenvalue weighted by molar-refractivity contribution is 6.30. The molecule has 82 valence electrons. The lowest BCUT2D eigenvalue weighted by molar-refractivity contribution is 0.245. The minimum atomic E-state index is -0.473. The largest absolute Gasteiger partial charge is 0.321 e. The molecule has 1 aromatic carbocycles. The third-order valence-corrected chi connectivity index (χ3v) is 3.55. The quantitative estimate of drug-likeness (QED) is 0.824. The Hall–Kier alpha value is -0.600. The van der Waals surface area contributed by atoms with Crippen LogP contribution in [0.5, 0.6) is 0 Å². The van der Waals surface area contributed by atoms with Crippen LogP contribution < -0.4 is 5.73 Å². The summed E-state index contributed by atoms with van der Waals surface area (Å²) >= 11 is 5.85. The zero-order chi connectivity index (χ0) is 11.1. The van der Waals surface area contributed by atoms with Gasteiger partial charge in [0.25, 0.3) is 0 Å². The van der Waals surface area contributed by atoms with Gasteiger partial charge in [0.1, 0.15) is 5.82 Å². The Labute approximate surface area is 94.4 Å². The van der Waals surface area contributed by atoms with Gasteiger partial charge in [-0.25, -0.2) is 4.39 Å². The van der Waals surface area contributed by atoms with Crippen LogP contribution in [-0.4, -0.2) is 0 Å². The smallest absolute Gasteiger partial charge is 0.146 e. The first-order valence-corrected chi connectivity index (χ1v) is 5.72. The first-order valence-electron chi connectivity index (χ1n) is 5.34. The summed E-state index contributed by atoms with van der Waals surface area (Å²) in [6.45, 7) is 2.03. The summed E-state index contributed by atoms with van der Waals surface area (Å²) < 4.78 is 13.8. The van der Waals surface area contributed by atoms with E-state index in [4.69, 9.17) is 17.3 Å². The van der Waals surface area contributed by atoms with Crippen molar-refractivity contribution in [3.8, 4) is 0 Å². The number of rotatable bonds is 2. The Balaban J connectivity index is 2.49. The molecule has 1 fully saturated rings. The van der Waals surface area contributed by atoms with E-state index in [1.807, 2.05) is 13.0 Å². The molecule has 1 aromatic rings. The van der Waals surface area contributed by atoms with Gasteiger partial charge in [0.15, 0.2) is 0 Å². The molecule has 0 atom stereocenters. The molecule has 0 bridgehead atoms. The molecule has 0 amide bonds. The van der Waals surface area contributed by atoms with Crippen molar-refractivity contribution in [2.45, 2.75) is 38.1 Å². The summed E-state index contributed by atoms with van der Waals surface area (Å²) in [5.41, 5.74) is 7.29. The number of hydrogen-bond donors (Lipinski definition) is 1. The third kappa shape index (κ3) is 1.77. The second-order valence-electron chi connectivity index (χ2n) is 4.30. The molecule has 3 heteroatoms. The molecule has 1 aliphatic rings. The molecule has 2 N–H and O–H groups in total. The van der Waals surface area contributed by atoms with Crippen molar-refractivity contribution < 1.29 is 4.39 Å². The second-order valence-corrected chi connectivity index (χ2v) is 4.71. The van der Waals surface area contributed by atoms with Crippen molar-refractivity contribution in [1.82, 2.24) is 0 Å². The highest BCUT2D eigenvalue weighted by atomic mass is 35.5. The molecular formula is C12H15ClFN. The molecule has 0 spiro atoms. The lowest BCUT2D eigenvalue weighted by atomic mass is 9.72. The Morgan fingerprint density at radius 1 is 1.47 bits per heavy atom. The van der Waals surface area contributed by atoms with Gasteiger partial charge in [-0.3, -0.25) is 0 Å². The van der Waals surface area contributed by atoms with E-state index in [0.717, 1.165) is 31.2 Å². The summed E-state index contributed by atoms with van der Waals surface area (Å²) in [5, 5.41) is 0.195. The van der Waals surface area contributed by atoms with Crippen LogP contribution in [0.3, 0.4) is 0 Å². The monoisotopic (exact) mass is 227 g/mol. The standard InChI is InChI=1S/C12H15ClFN/c1-2-8-6-9(11(14)10(13)7-8)12(15)4-3-5-12/h6-7H,2-5,15H2,1H3. The average Bonchev–Trinajstić information content (AvgIpc) is 2.18. The number of hydrogen-bond acceptors (Lipinski definition) is 1. The van der Waals surface area contributed by atoms with Crippen molar-refractivity contribution in [3.63, 3.8) is 0 Å². The van der Waals surface area contributed by atoms with Crippen molar-refractivity contribution in [1.29, 1.82) is 0 Å². The number of halogens is 2. The predicted octanol–water partition coefficient (Wildman–Crippen LogP) is 3.38. The van der Waals surface area contributed by atoms with Crippen LogP contribution in [-0.2, 0) is 12.0 Å². The molecule has 0 aliphatic heterocycles. The van der Waals surface area contributed by atoms with E-state index in [1.165, 1.54) is 0 Å². The second kappa shape index (κ2) is 3.76. The zero-order valence-corrected chi connectivity index (χ0v) is 9.57. The van der Waals surface area contributed by atoms with Crippen LogP contribution in [0.1, 0.15) is 37.3 Å². The van der Waals surface area contributed by atoms with Crippen LogP contribution in [0.15, 0.2) is 12.1 Å². The molecule has 0 saturated heterocycles. The van der Waals surface area contributed by atoms with Crippen molar-refractivity contribution in [3.05, 3.63) is 34.1 Å². The highest BCUT2D eigenvalue weighted by Gasteiger charge is 2.37. The van der Waals surface area contributed by atoms with Gasteiger partial charge in [-0.1, -0.05) is 24.6 Å². The average molecular weight is 228 g/mol. The fraction of sp³-hybridized carbons (Fsp3) is 0.500. The molecule has 15 heavy (non-hydrogen) atoms. The molecular weight excluding hydrogens is 213 g/mol. The van der Waals surface area contributed by atoms with E-state index >= 15 is 0 Å². The maximum Gasteiger partial charge on any atom is 0.146 e. The summed E-state index contributed by atoms with van der Waals surface area (Å²) in [7, 11) is 0. The summed E-state index contributed by atoms with van der Waals surface area (Å²) in [6, 6.07) is 3.54. The lowest BCUT2D eigenvalue weighted by Crippen LogP contribution is -2.44. The van der Waals surface area contributed by atoms with Gasteiger partial charge in [-0.05, 0) is 37.3 Å². The molecule has 0 radical (unpaired) electrons. The van der Waals surface area contributed by atoms with E-state index < -0.39 is 5.54 Å². The van der Waals surface area contributed by atoms with Crippen molar-refractivity contribution in [2.24, 2.45) is 5.73 Å². The van der Waals surface area contributed by atoms with Crippen LogP contribution in [0.4, 0.5) is 4.39 Å². The Morgan fingerprint density at radius 2 is 2.13 bits per heavy atom. The van der Waals surface area contributed by atoms with Gasteiger partial charge >= 0.3 is 0 Å². The van der Waals surface area contributed by atoms with Gasteiger partial charge < -0.3 is 5.73 Å².